The largest absolute Gasteiger partial charge is 0.469 e. The molecule has 7 nitrogen and oxygen atoms in total. The molecule has 1 fully saturated rings. The van der Waals surface area contributed by atoms with Crippen molar-refractivity contribution < 1.29 is 19.4 Å². The van der Waals surface area contributed by atoms with Crippen molar-refractivity contribution in [1.82, 2.24) is 9.47 Å². The standard InChI is InChI=1S/C23H28N2O5/c1-14(2)16-6-5-7-18(10-16)25-9-8-15(3)21(23(25)29)22(28)24-12-17(19(26)13-24)11-20(27)30-4/h5-10,14,17,19,26H,11-13H2,1-4H3/t17-,19-/m1/s1. The Kier molecular flexibility index (Phi) is 6.41. The zero-order chi connectivity index (χ0) is 22.0. The number of ether oxygens (including phenoxy) is 1. The molecule has 0 saturated carbocycles. The van der Waals surface area contributed by atoms with Gasteiger partial charge in [-0.05, 0) is 42.2 Å². The minimum absolute atomic E-state index is 0.0292. The summed E-state index contributed by atoms with van der Waals surface area (Å²) in [6, 6.07) is 9.43. The lowest BCUT2D eigenvalue weighted by Gasteiger charge is -2.18. The second kappa shape index (κ2) is 8.83. The highest BCUT2D eigenvalue weighted by Crippen LogP contribution is 2.23. The topological polar surface area (TPSA) is 88.8 Å². The van der Waals surface area contributed by atoms with Gasteiger partial charge in [0.15, 0.2) is 0 Å². The quantitative estimate of drug-likeness (QED) is 0.761. The average molecular weight is 412 g/mol. The summed E-state index contributed by atoms with van der Waals surface area (Å²) in [5.41, 5.74) is 2.06. The number of aromatic nitrogens is 1. The van der Waals surface area contributed by atoms with Crippen LogP contribution < -0.4 is 5.56 Å². The van der Waals surface area contributed by atoms with Crippen LogP contribution in [0, 0.1) is 12.8 Å². The molecule has 0 aliphatic carbocycles. The van der Waals surface area contributed by atoms with Gasteiger partial charge in [0.2, 0.25) is 0 Å². The Morgan fingerprint density at radius 3 is 2.63 bits per heavy atom. The van der Waals surface area contributed by atoms with Crippen LogP contribution in [0.5, 0.6) is 0 Å². The fourth-order valence-corrected chi connectivity index (χ4v) is 3.80. The number of rotatable bonds is 5. The summed E-state index contributed by atoms with van der Waals surface area (Å²) in [4.78, 5) is 39.4. The number of esters is 1. The van der Waals surface area contributed by atoms with Crippen molar-refractivity contribution in [3.63, 3.8) is 0 Å². The SMILES string of the molecule is COC(=O)C[C@@H]1CN(C(=O)c2c(C)ccn(-c3cccc(C(C)C)c3)c2=O)C[C@H]1O. The minimum atomic E-state index is -0.831. The fourth-order valence-electron chi connectivity index (χ4n) is 3.80. The Bertz CT molecular complexity index is 1010. The molecule has 0 spiro atoms. The Labute approximate surface area is 175 Å². The molecule has 1 amide bonds. The first-order valence-corrected chi connectivity index (χ1v) is 10.1. The van der Waals surface area contributed by atoms with Gasteiger partial charge < -0.3 is 14.7 Å². The van der Waals surface area contributed by atoms with Crippen molar-refractivity contribution in [1.29, 1.82) is 0 Å². The van der Waals surface area contributed by atoms with E-state index in [2.05, 4.69) is 18.6 Å². The van der Waals surface area contributed by atoms with E-state index < -0.39 is 29.5 Å². The molecule has 1 aliphatic heterocycles. The van der Waals surface area contributed by atoms with Gasteiger partial charge in [-0.1, -0.05) is 26.0 Å². The number of nitrogens with zero attached hydrogens (tertiary/aromatic N) is 2. The number of carbonyl (C=O) groups excluding carboxylic acids is 2. The molecular weight excluding hydrogens is 384 g/mol. The van der Waals surface area contributed by atoms with E-state index in [-0.39, 0.29) is 25.1 Å². The second-order valence-corrected chi connectivity index (χ2v) is 8.12. The molecule has 160 valence electrons. The van der Waals surface area contributed by atoms with E-state index >= 15 is 0 Å². The van der Waals surface area contributed by atoms with Crippen LogP contribution in [0.4, 0.5) is 0 Å². The Balaban J connectivity index is 1.93. The lowest BCUT2D eigenvalue weighted by atomic mass is 10.0. The Morgan fingerprint density at radius 2 is 1.97 bits per heavy atom. The Morgan fingerprint density at radius 1 is 1.23 bits per heavy atom. The van der Waals surface area contributed by atoms with Crippen LogP contribution in [-0.4, -0.2) is 52.8 Å². The third-order valence-electron chi connectivity index (χ3n) is 5.68. The molecular formula is C23H28N2O5. The molecule has 30 heavy (non-hydrogen) atoms. The van der Waals surface area contributed by atoms with Gasteiger partial charge in [0, 0.05) is 30.9 Å². The van der Waals surface area contributed by atoms with E-state index in [1.807, 2.05) is 24.3 Å². The maximum Gasteiger partial charge on any atom is 0.305 e. The van der Waals surface area contributed by atoms with Gasteiger partial charge in [-0.25, -0.2) is 0 Å². The smallest absolute Gasteiger partial charge is 0.305 e. The number of amides is 1. The molecule has 1 N–H and O–H groups in total. The van der Waals surface area contributed by atoms with E-state index in [0.717, 1.165) is 5.56 Å². The van der Waals surface area contributed by atoms with Gasteiger partial charge in [0.05, 0.1) is 19.6 Å². The number of carbonyl (C=O) groups is 2. The molecule has 0 radical (unpaired) electrons. The molecule has 1 saturated heterocycles. The van der Waals surface area contributed by atoms with Crippen LogP contribution in [-0.2, 0) is 9.53 Å². The molecule has 7 heteroatoms. The number of hydrogen-bond acceptors (Lipinski definition) is 5. The highest BCUT2D eigenvalue weighted by molar-refractivity contribution is 5.95. The monoisotopic (exact) mass is 412 g/mol. The summed E-state index contributed by atoms with van der Waals surface area (Å²) in [6.07, 6.45) is 0.871. The maximum absolute atomic E-state index is 13.2. The predicted octanol–water partition coefficient (Wildman–Crippen LogP) is 2.27. The van der Waals surface area contributed by atoms with Crippen molar-refractivity contribution in [2.75, 3.05) is 20.2 Å². The fraction of sp³-hybridized carbons (Fsp3) is 0.435. The van der Waals surface area contributed by atoms with E-state index in [0.29, 0.717) is 17.2 Å². The summed E-state index contributed by atoms with van der Waals surface area (Å²) in [5.74, 6) is -0.963. The van der Waals surface area contributed by atoms with Crippen molar-refractivity contribution in [3.05, 3.63) is 63.6 Å². The number of aliphatic hydroxyl groups excluding tert-OH is 1. The van der Waals surface area contributed by atoms with Gasteiger partial charge >= 0.3 is 5.97 Å². The number of likely N-dealkylation sites (tertiary alicyclic amines) is 1. The van der Waals surface area contributed by atoms with Gasteiger partial charge in [-0.3, -0.25) is 19.0 Å². The van der Waals surface area contributed by atoms with Crippen LogP contribution in [0.3, 0.4) is 0 Å². The number of aryl methyl sites for hydroxylation is 1. The molecule has 1 aliphatic rings. The minimum Gasteiger partial charge on any atom is -0.469 e. The number of pyridine rings is 1. The van der Waals surface area contributed by atoms with Crippen molar-refractivity contribution in [2.45, 2.75) is 39.2 Å². The number of hydrogen-bond donors (Lipinski definition) is 1. The second-order valence-electron chi connectivity index (χ2n) is 8.12. The van der Waals surface area contributed by atoms with Gasteiger partial charge in [-0.2, -0.15) is 0 Å². The van der Waals surface area contributed by atoms with Crippen LogP contribution >= 0.6 is 0 Å². The first kappa shape index (κ1) is 21.8. The number of methoxy groups -OCH3 is 1. The molecule has 1 aromatic heterocycles. The summed E-state index contributed by atoms with van der Waals surface area (Å²) < 4.78 is 6.14. The highest BCUT2D eigenvalue weighted by atomic mass is 16.5. The van der Waals surface area contributed by atoms with Gasteiger partial charge in [0.25, 0.3) is 11.5 Å². The number of β-amino-alcohol motifs (C(OH)–C–C–N with tert-alkyl or cyclic N) is 1. The lowest BCUT2D eigenvalue weighted by molar-refractivity contribution is -0.142. The number of benzene rings is 1. The molecule has 2 aromatic rings. The van der Waals surface area contributed by atoms with E-state index in [1.54, 1.807) is 19.2 Å². The molecule has 2 atom stereocenters. The lowest BCUT2D eigenvalue weighted by Crippen LogP contribution is -2.36. The summed E-state index contributed by atoms with van der Waals surface area (Å²) in [7, 11) is 1.29. The van der Waals surface area contributed by atoms with E-state index in [1.165, 1.54) is 16.6 Å². The first-order valence-electron chi connectivity index (χ1n) is 10.1. The van der Waals surface area contributed by atoms with Gasteiger partial charge in [0.1, 0.15) is 5.56 Å². The van der Waals surface area contributed by atoms with Crippen LogP contribution in [0.25, 0.3) is 5.69 Å². The zero-order valence-electron chi connectivity index (χ0n) is 17.8. The third-order valence-corrected chi connectivity index (χ3v) is 5.68. The van der Waals surface area contributed by atoms with E-state index in [4.69, 9.17) is 0 Å². The molecule has 3 rings (SSSR count). The van der Waals surface area contributed by atoms with Crippen LogP contribution in [0.1, 0.15) is 47.7 Å². The van der Waals surface area contributed by atoms with Crippen LogP contribution in [0.2, 0.25) is 0 Å². The zero-order valence-corrected chi connectivity index (χ0v) is 17.8. The predicted molar refractivity (Wildman–Crippen MR) is 113 cm³/mol. The Hall–Kier alpha value is -2.93. The molecule has 1 aromatic carbocycles. The molecule has 2 heterocycles. The first-order chi connectivity index (χ1) is 14.2. The molecule has 0 bridgehead atoms. The molecule has 0 unspecified atom stereocenters. The van der Waals surface area contributed by atoms with Crippen LogP contribution in [0.15, 0.2) is 41.3 Å². The third kappa shape index (κ3) is 4.31. The number of aliphatic hydroxyl groups is 1. The van der Waals surface area contributed by atoms with Crippen molar-refractivity contribution in [2.24, 2.45) is 5.92 Å². The van der Waals surface area contributed by atoms with Crippen molar-refractivity contribution >= 4 is 11.9 Å². The maximum atomic E-state index is 13.2. The van der Waals surface area contributed by atoms with Crippen molar-refractivity contribution in [3.8, 4) is 5.69 Å². The summed E-state index contributed by atoms with van der Waals surface area (Å²) in [5, 5.41) is 10.3. The average Bonchev–Trinajstić information content (AvgIpc) is 3.08. The highest BCUT2D eigenvalue weighted by Gasteiger charge is 2.37. The van der Waals surface area contributed by atoms with E-state index in [9.17, 15) is 19.5 Å². The summed E-state index contributed by atoms with van der Waals surface area (Å²) in [6.45, 7) is 6.16. The summed E-state index contributed by atoms with van der Waals surface area (Å²) >= 11 is 0. The normalized spacial score (nSPS) is 18.7. The van der Waals surface area contributed by atoms with Gasteiger partial charge in [-0.15, -0.1) is 0 Å².